The number of carbonyl (C=O) groups excluding carboxylic acids is 2. The highest BCUT2D eigenvalue weighted by Crippen LogP contribution is 2.30. The molecule has 0 saturated carbocycles. The van der Waals surface area contributed by atoms with Gasteiger partial charge < -0.3 is 9.47 Å². The SMILES string of the molecule is COc1cc(/C=C(/C#N)C(=O)Nc2nnc(S(C)(=O)=O)s2)ccc1OC(=O)c1cccc(C)c1. The number of methoxy groups -OCH3 is 1. The number of esters is 1. The van der Waals surface area contributed by atoms with Crippen LogP contribution in [0, 0.1) is 18.3 Å². The quantitative estimate of drug-likeness (QED) is 0.171. The predicted octanol–water partition coefficient (Wildman–Crippen LogP) is 3.02. The van der Waals surface area contributed by atoms with Crippen LogP contribution in [0.3, 0.4) is 0 Å². The Labute approximate surface area is 199 Å². The summed E-state index contributed by atoms with van der Waals surface area (Å²) in [4.78, 5) is 24.9. The summed E-state index contributed by atoms with van der Waals surface area (Å²) in [6, 6.07) is 13.2. The Morgan fingerprint density at radius 2 is 1.91 bits per heavy atom. The van der Waals surface area contributed by atoms with E-state index in [1.54, 1.807) is 30.3 Å². The van der Waals surface area contributed by atoms with Gasteiger partial charge in [0.1, 0.15) is 11.6 Å². The molecule has 0 aliphatic carbocycles. The van der Waals surface area contributed by atoms with Crippen LogP contribution in [0.1, 0.15) is 21.5 Å². The smallest absolute Gasteiger partial charge is 0.343 e. The molecule has 174 valence electrons. The fourth-order valence-electron chi connectivity index (χ4n) is 2.68. The second-order valence-electron chi connectivity index (χ2n) is 6.94. The summed E-state index contributed by atoms with van der Waals surface area (Å²) in [5.41, 5.74) is 1.44. The zero-order valence-electron chi connectivity index (χ0n) is 18.2. The number of rotatable bonds is 7. The van der Waals surface area contributed by atoms with Crippen LogP contribution in [0.2, 0.25) is 0 Å². The Morgan fingerprint density at radius 3 is 2.53 bits per heavy atom. The molecule has 2 aromatic carbocycles. The van der Waals surface area contributed by atoms with Crippen molar-refractivity contribution in [1.82, 2.24) is 10.2 Å². The maximum absolute atomic E-state index is 12.4. The first-order chi connectivity index (χ1) is 16.1. The number of aryl methyl sites for hydroxylation is 1. The van der Waals surface area contributed by atoms with Gasteiger partial charge in [0.2, 0.25) is 19.3 Å². The van der Waals surface area contributed by atoms with E-state index in [4.69, 9.17) is 9.47 Å². The van der Waals surface area contributed by atoms with Crippen molar-refractivity contribution in [2.75, 3.05) is 18.7 Å². The van der Waals surface area contributed by atoms with Gasteiger partial charge in [-0.2, -0.15) is 5.26 Å². The largest absolute Gasteiger partial charge is 0.493 e. The van der Waals surface area contributed by atoms with Crippen molar-refractivity contribution in [2.45, 2.75) is 11.3 Å². The van der Waals surface area contributed by atoms with Gasteiger partial charge in [0.25, 0.3) is 5.91 Å². The molecule has 34 heavy (non-hydrogen) atoms. The number of hydrogen-bond donors (Lipinski definition) is 1. The number of aromatic nitrogens is 2. The number of ether oxygens (including phenoxy) is 2. The van der Waals surface area contributed by atoms with E-state index >= 15 is 0 Å². The Hall–Kier alpha value is -4.08. The van der Waals surface area contributed by atoms with E-state index in [2.05, 4.69) is 15.5 Å². The first-order valence-electron chi connectivity index (χ1n) is 9.54. The molecule has 0 spiro atoms. The van der Waals surface area contributed by atoms with Crippen LogP contribution >= 0.6 is 11.3 Å². The third kappa shape index (κ3) is 6.03. The average Bonchev–Trinajstić information content (AvgIpc) is 3.27. The normalized spacial score (nSPS) is 11.4. The number of hydrogen-bond acceptors (Lipinski definition) is 10. The number of nitrogens with zero attached hydrogens (tertiary/aromatic N) is 3. The van der Waals surface area contributed by atoms with Crippen molar-refractivity contribution in [3.05, 3.63) is 64.7 Å². The summed E-state index contributed by atoms with van der Waals surface area (Å²) in [6.45, 7) is 1.86. The molecule has 3 aromatic rings. The summed E-state index contributed by atoms with van der Waals surface area (Å²) in [5, 5.41) is 18.8. The highest BCUT2D eigenvalue weighted by molar-refractivity contribution is 7.92. The first-order valence-corrected chi connectivity index (χ1v) is 12.2. The fraction of sp³-hybridized carbons (Fsp3) is 0.136. The summed E-state index contributed by atoms with van der Waals surface area (Å²) >= 11 is 0.668. The molecule has 1 N–H and O–H groups in total. The van der Waals surface area contributed by atoms with E-state index in [0.29, 0.717) is 22.5 Å². The minimum absolute atomic E-state index is 0.0671. The molecule has 10 nitrogen and oxygen atoms in total. The number of anilines is 1. The molecule has 0 fully saturated rings. The zero-order valence-corrected chi connectivity index (χ0v) is 19.9. The number of nitriles is 1. The molecule has 12 heteroatoms. The van der Waals surface area contributed by atoms with Gasteiger partial charge in [-0.25, -0.2) is 13.2 Å². The van der Waals surface area contributed by atoms with Crippen molar-refractivity contribution in [3.63, 3.8) is 0 Å². The Balaban J connectivity index is 1.79. The van der Waals surface area contributed by atoms with Gasteiger partial charge in [-0.05, 0) is 42.8 Å². The lowest BCUT2D eigenvalue weighted by Gasteiger charge is -2.10. The maximum atomic E-state index is 12.4. The highest BCUT2D eigenvalue weighted by Gasteiger charge is 2.18. The lowest BCUT2D eigenvalue weighted by atomic mass is 10.1. The number of amides is 1. The Kier molecular flexibility index (Phi) is 7.40. The van der Waals surface area contributed by atoms with Crippen LogP contribution < -0.4 is 14.8 Å². The van der Waals surface area contributed by atoms with Crippen molar-refractivity contribution >= 4 is 44.3 Å². The molecule has 1 heterocycles. The molecule has 0 bridgehead atoms. The van der Waals surface area contributed by atoms with Crippen LogP contribution in [0.5, 0.6) is 11.5 Å². The topological polar surface area (TPSA) is 148 Å². The predicted molar refractivity (Wildman–Crippen MR) is 124 cm³/mol. The maximum Gasteiger partial charge on any atom is 0.343 e. The molecule has 1 amide bonds. The van der Waals surface area contributed by atoms with Crippen LogP contribution in [0.25, 0.3) is 6.08 Å². The summed E-state index contributed by atoms with van der Waals surface area (Å²) in [5.74, 6) is -0.980. The molecule has 0 saturated heterocycles. The minimum Gasteiger partial charge on any atom is -0.493 e. The van der Waals surface area contributed by atoms with Crippen molar-refractivity contribution < 1.29 is 27.5 Å². The Bertz CT molecular complexity index is 1440. The van der Waals surface area contributed by atoms with E-state index in [9.17, 15) is 23.3 Å². The van der Waals surface area contributed by atoms with Crippen LogP contribution in [-0.4, -0.2) is 43.9 Å². The van der Waals surface area contributed by atoms with Crippen LogP contribution in [0.15, 0.2) is 52.4 Å². The van der Waals surface area contributed by atoms with E-state index in [1.807, 2.05) is 13.0 Å². The molecule has 1 aromatic heterocycles. The molecule has 0 atom stereocenters. The van der Waals surface area contributed by atoms with E-state index in [0.717, 1.165) is 11.8 Å². The molecular formula is C22H18N4O6S2. The molecule has 0 aliphatic rings. The summed E-state index contributed by atoms with van der Waals surface area (Å²) < 4.78 is 33.5. The van der Waals surface area contributed by atoms with E-state index in [1.165, 1.54) is 25.3 Å². The van der Waals surface area contributed by atoms with E-state index in [-0.39, 0.29) is 26.5 Å². The minimum atomic E-state index is -3.57. The Morgan fingerprint density at radius 1 is 1.15 bits per heavy atom. The van der Waals surface area contributed by atoms with Gasteiger partial charge in [0.15, 0.2) is 11.5 Å². The van der Waals surface area contributed by atoms with Gasteiger partial charge in [-0.3, -0.25) is 10.1 Å². The number of carbonyl (C=O) groups is 2. The van der Waals surface area contributed by atoms with Crippen LogP contribution in [0.4, 0.5) is 5.13 Å². The monoisotopic (exact) mass is 498 g/mol. The highest BCUT2D eigenvalue weighted by atomic mass is 32.2. The third-order valence-electron chi connectivity index (χ3n) is 4.26. The van der Waals surface area contributed by atoms with Crippen molar-refractivity contribution in [1.29, 1.82) is 5.26 Å². The standard InChI is InChI=1S/C22H18N4O6S2/c1-13-5-4-6-15(9-13)20(28)32-17-8-7-14(11-18(17)31-2)10-16(12-23)19(27)24-21-25-26-22(33-21)34(3,29)30/h4-11H,1-3H3,(H,24,25,27)/b16-10-. The molecule has 0 aliphatic heterocycles. The second-order valence-corrected chi connectivity index (χ2v) is 10.1. The van der Waals surface area contributed by atoms with E-state index < -0.39 is 21.7 Å². The number of sulfone groups is 1. The average molecular weight is 499 g/mol. The third-order valence-corrected chi connectivity index (χ3v) is 6.77. The second kappa shape index (κ2) is 10.2. The molecule has 0 unspecified atom stereocenters. The molecule has 0 radical (unpaired) electrons. The lowest BCUT2D eigenvalue weighted by Crippen LogP contribution is -2.13. The van der Waals surface area contributed by atoms with Crippen molar-refractivity contribution in [2.24, 2.45) is 0 Å². The van der Waals surface area contributed by atoms with Gasteiger partial charge in [-0.1, -0.05) is 35.1 Å². The fourth-order valence-corrected chi connectivity index (χ4v) is 4.18. The van der Waals surface area contributed by atoms with Gasteiger partial charge in [0, 0.05) is 6.26 Å². The molecular weight excluding hydrogens is 480 g/mol. The first kappa shape index (κ1) is 24.6. The summed E-state index contributed by atoms with van der Waals surface area (Å²) in [6.07, 6.45) is 2.26. The zero-order chi connectivity index (χ0) is 24.9. The number of benzene rings is 2. The lowest BCUT2D eigenvalue weighted by molar-refractivity contribution is -0.112. The number of nitrogens with one attached hydrogen (secondary N) is 1. The van der Waals surface area contributed by atoms with Gasteiger partial charge in [0.05, 0.1) is 12.7 Å². The van der Waals surface area contributed by atoms with Crippen LogP contribution in [-0.2, 0) is 14.6 Å². The molecule has 3 rings (SSSR count). The van der Waals surface area contributed by atoms with Gasteiger partial charge in [-0.15, -0.1) is 10.2 Å². The van der Waals surface area contributed by atoms with Crippen molar-refractivity contribution in [3.8, 4) is 17.6 Å². The van der Waals surface area contributed by atoms with Gasteiger partial charge >= 0.3 is 5.97 Å². The summed E-state index contributed by atoms with van der Waals surface area (Å²) in [7, 11) is -2.18.